The maximum atomic E-state index is 6.77. The van der Waals surface area contributed by atoms with Crippen molar-refractivity contribution in [1.82, 2.24) is 24.5 Å². The molecule has 33 heavy (non-hydrogen) atoms. The number of anilines is 1. The van der Waals surface area contributed by atoms with Crippen LogP contribution < -0.4 is 5.73 Å². The fourth-order valence-corrected chi connectivity index (χ4v) is 4.91. The molecule has 1 unspecified atom stereocenters. The van der Waals surface area contributed by atoms with Crippen molar-refractivity contribution in [3.8, 4) is 22.8 Å². The summed E-state index contributed by atoms with van der Waals surface area (Å²) in [4.78, 5) is 18.8. The van der Waals surface area contributed by atoms with E-state index in [9.17, 15) is 0 Å². The van der Waals surface area contributed by atoms with Crippen molar-refractivity contribution in [2.45, 2.75) is 59.0 Å². The third kappa shape index (κ3) is 4.40. The van der Waals surface area contributed by atoms with Crippen LogP contribution in [0.1, 0.15) is 39.6 Å². The number of pyridine rings is 3. The Kier molecular flexibility index (Phi) is 5.84. The van der Waals surface area contributed by atoms with E-state index in [1.54, 1.807) is 6.20 Å². The van der Waals surface area contributed by atoms with E-state index in [0.717, 1.165) is 33.8 Å². The third-order valence-electron chi connectivity index (χ3n) is 6.40. The molecule has 0 radical (unpaired) electrons. The van der Waals surface area contributed by atoms with Crippen LogP contribution in [0.5, 0.6) is 0 Å². The van der Waals surface area contributed by atoms with Gasteiger partial charge >= 0.3 is 0 Å². The fourth-order valence-electron chi connectivity index (χ4n) is 3.60. The lowest BCUT2D eigenvalue weighted by Crippen LogP contribution is -2.42. The average molecular weight is 461 g/mol. The topological polar surface area (TPSA) is 91.7 Å². The van der Waals surface area contributed by atoms with Gasteiger partial charge in [0.25, 0.3) is 0 Å². The fraction of sp³-hybridized carbons (Fsp3) is 0.360. The number of fused-ring (bicyclic) bond motifs is 1. The van der Waals surface area contributed by atoms with Gasteiger partial charge in [-0.3, -0.25) is 9.55 Å². The van der Waals surface area contributed by atoms with Crippen LogP contribution in [0.3, 0.4) is 0 Å². The van der Waals surface area contributed by atoms with E-state index >= 15 is 0 Å². The van der Waals surface area contributed by atoms with Crippen LogP contribution in [0.2, 0.25) is 18.1 Å². The molecule has 7 nitrogen and oxygen atoms in total. The predicted octanol–water partition coefficient (Wildman–Crippen LogP) is 5.99. The molecule has 0 bridgehead atoms. The minimum Gasteiger partial charge on any atom is -0.397 e. The lowest BCUT2D eigenvalue weighted by Gasteiger charge is -2.38. The summed E-state index contributed by atoms with van der Waals surface area (Å²) < 4.78 is 8.81. The monoisotopic (exact) mass is 460 g/mol. The van der Waals surface area contributed by atoms with Crippen LogP contribution in [0.15, 0.2) is 48.7 Å². The second-order valence-electron chi connectivity index (χ2n) is 9.92. The smallest absolute Gasteiger partial charge is 0.194 e. The number of rotatable bonds is 5. The Labute approximate surface area is 196 Å². The first-order valence-corrected chi connectivity index (χ1v) is 14.1. The van der Waals surface area contributed by atoms with E-state index in [0.29, 0.717) is 11.6 Å². The first-order valence-electron chi connectivity index (χ1n) is 11.2. The van der Waals surface area contributed by atoms with Gasteiger partial charge in [-0.15, -0.1) is 0 Å². The first-order chi connectivity index (χ1) is 15.5. The van der Waals surface area contributed by atoms with Gasteiger partial charge in [0.05, 0.1) is 17.0 Å². The highest BCUT2D eigenvalue weighted by Gasteiger charge is 2.39. The van der Waals surface area contributed by atoms with Gasteiger partial charge in [0.1, 0.15) is 23.4 Å². The molecule has 0 saturated heterocycles. The molecule has 4 aromatic rings. The van der Waals surface area contributed by atoms with E-state index < -0.39 is 8.32 Å². The van der Waals surface area contributed by atoms with Gasteiger partial charge in [0.15, 0.2) is 14.0 Å². The molecular formula is C25H32N6OSi. The number of aromatic nitrogens is 5. The van der Waals surface area contributed by atoms with Crippen LogP contribution >= 0.6 is 0 Å². The number of hydrogen-bond donors (Lipinski definition) is 1. The number of nitrogens with zero attached hydrogens (tertiary/aromatic N) is 5. The van der Waals surface area contributed by atoms with Crippen molar-refractivity contribution in [3.63, 3.8) is 0 Å². The quantitative estimate of drug-likeness (QED) is 0.368. The molecule has 0 aliphatic heterocycles. The molecule has 0 saturated carbocycles. The Hall–Kier alpha value is -3.10. The maximum Gasteiger partial charge on any atom is 0.194 e. The number of aryl methyl sites for hydroxylation is 1. The summed E-state index contributed by atoms with van der Waals surface area (Å²) in [5.41, 5.74) is 11.1. The van der Waals surface area contributed by atoms with Gasteiger partial charge in [-0.2, -0.15) is 0 Å². The predicted molar refractivity (Wildman–Crippen MR) is 136 cm³/mol. The Bertz CT molecular complexity index is 1310. The highest BCUT2D eigenvalue weighted by atomic mass is 28.4. The molecule has 1 atom stereocenters. The summed E-state index contributed by atoms with van der Waals surface area (Å²) in [6.45, 7) is 15.2. The third-order valence-corrected chi connectivity index (χ3v) is 10.9. The second kappa shape index (κ2) is 8.35. The Morgan fingerprint density at radius 2 is 1.70 bits per heavy atom. The van der Waals surface area contributed by atoms with Gasteiger partial charge in [0, 0.05) is 11.9 Å². The Balaban J connectivity index is 1.92. The number of hydrogen-bond acceptors (Lipinski definition) is 6. The molecule has 172 valence electrons. The Morgan fingerprint density at radius 3 is 2.36 bits per heavy atom. The lowest BCUT2D eigenvalue weighted by atomic mass is 10.2. The average Bonchev–Trinajstić information content (AvgIpc) is 3.11. The molecule has 2 N–H and O–H groups in total. The van der Waals surface area contributed by atoms with E-state index in [-0.39, 0.29) is 11.3 Å². The zero-order valence-electron chi connectivity index (χ0n) is 20.4. The van der Waals surface area contributed by atoms with Gasteiger partial charge in [-0.05, 0) is 68.4 Å². The van der Waals surface area contributed by atoms with Crippen molar-refractivity contribution in [3.05, 3.63) is 54.4 Å². The highest BCUT2D eigenvalue weighted by molar-refractivity contribution is 6.74. The van der Waals surface area contributed by atoms with Gasteiger partial charge in [-0.25, -0.2) is 15.0 Å². The van der Waals surface area contributed by atoms with Gasteiger partial charge in [-0.1, -0.05) is 26.8 Å². The lowest BCUT2D eigenvalue weighted by molar-refractivity contribution is 0.138. The van der Waals surface area contributed by atoms with E-state index in [4.69, 9.17) is 20.1 Å². The molecule has 0 fully saturated rings. The van der Waals surface area contributed by atoms with Crippen molar-refractivity contribution >= 4 is 25.3 Å². The molecule has 4 aromatic heterocycles. The Morgan fingerprint density at radius 1 is 0.970 bits per heavy atom. The molecule has 4 heterocycles. The van der Waals surface area contributed by atoms with Crippen LogP contribution in [0.4, 0.5) is 5.82 Å². The van der Waals surface area contributed by atoms with Gasteiger partial charge in [0.2, 0.25) is 0 Å². The molecule has 0 amide bonds. The van der Waals surface area contributed by atoms with Crippen LogP contribution in [0.25, 0.3) is 33.9 Å². The minimum absolute atomic E-state index is 0.0647. The summed E-state index contributed by atoms with van der Waals surface area (Å²) in [5, 5.41) is 0.0647. The number of nitrogens with two attached hydrogens (primary N) is 1. The normalized spacial score (nSPS) is 13.4. The molecule has 4 rings (SSSR count). The van der Waals surface area contributed by atoms with E-state index in [1.807, 2.05) is 54.0 Å². The standard InChI is InChI=1S/C25H32N6OSi/c1-16-10-8-12-19(28-16)20-13-14-21-24(29-20)31(17(2)32-33(6,7)25(3,4)5)23(30-21)18-11-9-15-27-22(18)26/h8-15,17H,1-7H3,(H2,26,27). The van der Waals surface area contributed by atoms with Crippen molar-refractivity contribution in [2.75, 3.05) is 5.73 Å². The number of nitrogen functional groups attached to an aromatic ring is 1. The van der Waals surface area contributed by atoms with Gasteiger partial charge < -0.3 is 10.2 Å². The zero-order chi connectivity index (χ0) is 24.0. The largest absolute Gasteiger partial charge is 0.397 e. The SMILES string of the molecule is Cc1cccc(-c2ccc3nc(-c4cccnc4N)n(C(C)O[Si](C)(C)C(C)(C)C)c3n2)n1. The molecular weight excluding hydrogens is 428 g/mol. The van der Waals surface area contributed by atoms with Crippen LogP contribution in [-0.4, -0.2) is 32.8 Å². The summed E-state index contributed by atoms with van der Waals surface area (Å²) in [5.74, 6) is 1.12. The first kappa shape index (κ1) is 23.1. The van der Waals surface area contributed by atoms with Crippen molar-refractivity contribution < 1.29 is 4.43 Å². The van der Waals surface area contributed by atoms with Crippen LogP contribution in [-0.2, 0) is 4.43 Å². The number of imidazole rings is 1. The summed E-state index contributed by atoms with van der Waals surface area (Å²) in [7, 11) is -2.07. The van der Waals surface area contributed by atoms with E-state index in [1.165, 1.54) is 0 Å². The second-order valence-corrected chi connectivity index (χ2v) is 14.7. The minimum atomic E-state index is -2.07. The van der Waals surface area contributed by atoms with Crippen molar-refractivity contribution in [2.24, 2.45) is 0 Å². The molecule has 8 heteroatoms. The van der Waals surface area contributed by atoms with Crippen molar-refractivity contribution in [1.29, 1.82) is 0 Å². The summed E-state index contributed by atoms with van der Waals surface area (Å²) >= 11 is 0. The summed E-state index contributed by atoms with van der Waals surface area (Å²) in [6.07, 6.45) is 1.39. The molecule has 0 aromatic carbocycles. The van der Waals surface area contributed by atoms with Crippen LogP contribution in [0, 0.1) is 6.92 Å². The highest BCUT2D eigenvalue weighted by Crippen LogP contribution is 2.40. The summed E-state index contributed by atoms with van der Waals surface area (Å²) in [6, 6.07) is 13.7. The molecule has 0 spiro atoms. The molecule has 0 aliphatic carbocycles. The zero-order valence-corrected chi connectivity index (χ0v) is 21.4. The maximum absolute atomic E-state index is 6.77. The van der Waals surface area contributed by atoms with E-state index in [2.05, 4.69) is 50.8 Å². The molecule has 0 aliphatic rings.